The van der Waals surface area contributed by atoms with Crippen LogP contribution in [0.15, 0.2) is 18.2 Å². The van der Waals surface area contributed by atoms with Crippen LogP contribution in [0.25, 0.3) is 0 Å². The first-order chi connectivity index (χ1) is 7.88. The van der Waals surface area contributed by atoms with Gasteiger partial charge >= 0.3 is 7.32 Å². The summed E-state index contributed by atoms with van der Waals surface area (Å²) in [6.45, 7) is 0.407. The van der Waals surface area contributed by atoms with Crippen molar-refractivity contribution >= 4 is 7.32 Å². The lowest BCUT2D eigenvalue weighted by Gasteiger charge is -2.10. The van der Waals surface area contributed by atoms with Crippen LogP contribution in [0.1, 0.15) is 11.7 Å². The third-order valence-electron chi connectivity index (χ3n) is 1.78. The van der Waals surface area contributed by atoms with E-state index in [1.807, 2.05) is 0 Å². The van der Waals surface area contributed by atoms with Crippen molar-refractivity contribution in [3.05, 3.63) is 23.8 Å². The van der Waals surface area contributed by atoms with Gasteiger partial charge < -0.3 is 35.7 Å². The highest BCUT2D eigenvalue weighted by molar-refractivity contribution is 6.30. The lowest BCUT2D eigenvalue weighted by molar-refractivity contribution is 0.177. The average molecular weight is 245 g/mol. The van der Waals surface area contributed by atoms with E-state index in [2.05, 4.69) is 5.32 Å². The predicted molar refractivity (Wildman–Crippen MR) is 61.1 cm³/mol. The molecule has 0 aliphatic carbocycles. The Balaban J connectivity index is 0.000000557. The number of benzene rings is 1. The predicted octanol–water partition coefficient (Wildman–Crippen LogP) is -1.70. The Bertz CT molecular complexity index is 333. The van der Waals surface area contributed by atoms with Gasteiger partial charge in [0.1, 0.15) is 0 Å². The molecule has 7 nitrogen and oxygen atoms in total. The molecule has 0 aromatic heterocycles. The highest BCUT2D eigenvalue weighted by atomic mass is 16.5. The second-order valence-electron chi connectivity index (χ2n) is 3.17. The summed E-state index contributed by atoms with van der Waals surface area (Å²) < 4.78 is 0. The molecule has 0 radical (unpaired) electrons. The fraction of sp³-hybridized carbons (Fsp3) is 0.333. The molecule has 1 atom stereocenters. The van der Waals surface area contributed by atoms with Crippen LogP contribution in [-0.4, -0.2) is 51.3 Å². The Labute approximate surface area is 98.8 Å². The van der Waals surface area contributed by atoms with Gasteiger partial charge in [0.15, 0.2) is 11.5 Å². The summed E-state index contributed by atoms with van der Waals surface area (Å²) in [5.41, 5.74) is 0.574. The van der Waals surface area contributed by atoms with Crippen molar-refractivity contribution in [1.29, 1.82) is 0 Å². The fourth-order valence-corrected chi connectivity index (χ4v) is 1.06. The lowest BCUT2D eigenvalue weighted by atomic mass is 10.1. The zero-order valence-corrected chi connectivity index (χ0v) is 9.28. The van der Waals surface area contributed by atoms with Crippen LogP contribution < -0.4 is 5.32 Å². The molecule has 0 aliphatic heterocycles. The molecule has 1 aromatic rings. The van der Waals surface area contributed by atoms with Gasteiger partial charge in [0.25, 0.3) is 0 Å². The van der Waals surface area contributed by atoms with E-state index >= 15 is 0 Å². The van der Waals surface area contributed by atoms with Crippen LogP contribution in [-0.2, 0) is 0 Å². The van der Waals surface area contributed by atoms with Gasteiger partial charge in [-0.15, -0.1) is 0 Å². The highest BCUT2D eigenvalue weighted by Crippen LogP contribution is 2.27. The Kier molecular flexibility index (Phi) is 7.27. The summed E-state index contributed by atoms with van der Waals surface area (Å²) in [5.74, 6) is -0.395. The number of nitrogens with one attached hydrogen (secondary N) is 1. The monoisotopic (exact) mass is 245 g/mol. The molecule has 96 valence electrons. The third kappa shape index (κ3) is 6.77. The number of likely N-dealkylation sites (N-methyl/N-ethyl adjacent to an activating group) is 1. The second kappa shape index (κ2) is 7.88. The fourth-order valence-electron chi connectivity index (χ4n) is 1.06. The number of aliphatic hydroxyl groups excluding tert-OH is 1. The first-order valence-corrected chi connectivity index (χ1v) is 4.77. The van der Waals surface area contributed by atoms with E-state index in [1.165, 1.54) is 12.1 Å². The van der Waals surface area contributed by atoms with Crippen LogP contribution in [0.2, 0.25) is 0 Å². The number of phenolic OH excluding ortho intramolecular Hbond substituents is 2. The Morgan fingerprint density at radius 1 is 1.18 bits per heavy atom. The van der Waals surface area contributed by atoms with E-state index in [-0.39, 0.29) is 11.5 Å². The van der Waals surface area contributed by atoms with E-state index in [1.54, 1.807) is 13.1 Å². The molecule has 17 heavy (non-hydrogen) atoms. The maximum absolute atomic E-state index is 9.48. The minimum absolute atomic E-state index is 0.180. The minimum atomic E-state index is -2.17. The second-order valence-corrected chi connectivity index (χ2v) is 3.17. The maximum Gasteiger partial charge on any atom is 0.631 e. The van der Waals surface area contributed by atoms with Gasteiger partial charge in [-0.25, -0.2) is 0 Å². The molecule has 0 unspecified atom stereocenters. The Morgan fingerprint density at radius 3 is 2.12 bits per heavy atom. The summed E-state index contributed by atoms with van der Waals surface area (Å²) in [5, 5.41) is 51.9. The largest absolute Gasteiger partial charge is 0.631 e. The first kappa shape index (κ1) is 15.7. The lowest BCUT2D eigenvalue weighted by Crippen LogP contribution is -2.16. The zero-order chi connectivity index (χ0) is 13.4. The van der Waals surface area contributed by atoms with Gasteiger partial charge in [-0.05, 0) is 24.7 Å². The van der Waals surface area contributed by atoms with Gasteiger partial charge in [0, 0.05) is 6.54 Å². The molecule has 0 bridgehead atoms. The van der Waals surface area contributed by atoms with Crippen molar-refractivity contribution in [3.63, 3.8) is 0 Å². The minimum Gasteiger partial charge on any atom is -0.504 e. The summed E-state index contributed by atoms with van der Waals surface area (Å²) in [4.78, 5) is 0. The summed E-state index contributed by atoms with van der Waals surface area (Å²) in [6.07, 6.45) is -0.670. The third-order valence-corrected chi connectivity index (χ3v) is 1.78. The molecular formula is C9H16BNO6. The van der Waals surface area contributed by atoms with Crippen LogP contribution in [0.3, 0.4) is 0 Å². The number of phenols is 2. The van der Waals surface area contributed by atoms with Gasteiger partial charge in [-0.1, -0.05) is 6.07 Å². The SMILES string of the molecule is CNC[C@H](O)c1ccc(O)c(O)c1.OB(O)O. The molecule has 0 spiro atoms. The molecule has 0 heterocycles. The van der Waals surface area contributed by atoms with Crippen molar-refractivity contribution in [1.82, 2.24) is 5.32 Å². The number of hydrogen-bond acceptors (Lipinski definition) is 7. The Morgan fingerprint density at radius 2 is 1.71 bits per heavy atom. The first-order valence-electron chi connectivity index (χ1n) is 4.77. The van der Waals surface area contributed by atoms with Crippen molar-refractivity contribution in [3.8, 4) is 11.5 Å². The van der Waals surface area contributed by atoms with Gasteiger partial charge in [0.05, 0.1) is 6.10 Å². The molecule has 1 rings (SSSR count). The van der Waals surface area contributed by atoms with Gasteiger partial charge in [0.2, 0.25) is 0 Å². The number of aromatic hydroxyl groups is 2. The normalized spacial score (nSPS) is 11.4. The number of hydrogen-bond donors (Lipinski definition) is 7. The van der Waals surface area contributed by atoms with E-state index in [0.717, 1.165) is 0 Å². The zero-order valence-electron chi connectivity index (χ0n) is 9.28. The topological polar surface area (TPSA) is 133 Å². The number of rotatable bonds is 3. The Hall–Kier alpha value is -1.32. The average Bonchev–Trinajstić information content (AvgIpc) is 2.21. The molecule has 8 heteroatoms. The van der Waals surface area contributed by atoms with Crippen molar-refractivity contribution < 1.29 is 30.4 Å². The van der Waals surface area contributed by atoms with Crippen molar-refractivity contribution in [2.75, 3.05) is 13.6 Å². The molecule has 0 aliphatic rings. The standard InChI is InChI=1S/C9H13NO3.BH3O3/c1-10-5-9(13)6-2-3-7(11)8(12)4-6;2-1(3)4/h2-4,9-13H,5H2,1H3;2-4H/t9-;/m0./s1. The quantitative estimate of drug-likeness (QED) is 0.249. The van der Waals surface area contributed by atoms with E-state index in [0.29, 0.717) is 12.1 Å². The molecule has 7 N–H and O–H groups in total. The van der Waals surface area contributed by atoms with E-state index in [9.17, 15) is 5.11 Å². The van der Waals surface area contributed by atoms with Crippen LogP contribution in [0, 0.1) is 0 Å². The highest BCUT2D eigenvalue weighted by Gasteiger charge is 2.08. The summed E-state index contributed by atoms with van der Waals surface area (Å²) >= 11 is 0. The van der Waals surface area contributed by atoms with Gasteiger partial charge in [-0.3, -0.25) is 0 Å². The van der Waals surface area contributed by atoms with E-state index in [4.69, 9.17) is 25.3 Å². The summed E-state index contributed by atoms with van der Waals surface area (Å²) in [6, 6.07) is 4.26. The molecular weight excluding hydrogens is 229 g/mol. The van der Waals surface area contributed by atoms with Crippen molar-refractivity contribution in [2.45, 2.75) is 6.10 Å². The molecule has 0 saturated carbocycles. The van der Waals surface area contributed by atoms with Crippen molar-refractivity contribution in [2.24, 2.45) is 0 Å². The van der Waals surface area contributed by atoms with Crippen LogP contribution >= 0.6 is 0 Å². The van der Waals surface area contributed by atoms with Crippen LogP contribution in [0.5, 0.6) is 11.5 Å². The molecule has 0 amide bonds. The molecule has 1 aromatic carbocycles. The molecule has 0 saturated heterocycles. The molecule has 0 fully saturated rings. The maximum atomic E-state index is 9.48. The smallest absolute Gasteiger partial charge is 0.504 e. The van der Waals surface area contributed by atoms with E-state index < -0.39 is 13.4 Å². The van der Waals surface area contributed by atoms with Crippen LogP contribution in [0.4, 0.5) is 0 Å². The van der Waals surface area contributed by atoms with Gasteiger partial charge in [-0.2, -0.15) is 0 Å². The summed E-state index contributed by atoms with van der Waals surface area (Å²) in [7, 11) is -0.441. The number of aliphatic hydroxyl groups is 1.